The van der Waals surface area contributed by atoms with Gasteiger partial charge in [-0.1, -0.05) is 53.0 Å². The van der Waals surface area contributed by atoms with Crippen LogP contribution >= 0.6 is 23.2 Å². The van der Waals surface area contributed by atoms with Crippen molar-refractivity contribution in [3.05, 3.63) is 68.7 Å². The third-order valence-electron chi connectivity index (χ3n) is 4.90. The number of benzene rings is 2. The molecule has 0 saturated carbocycles. The number of rotatable bonds is 4. The van der Waals surface area contributed by atoms with Crippen molar-refractivity contribution in [3.63, 3.8) is 0 Å². The Morgan fingerprint density at radius 2 is 1.92 bits per heavy atom. The normalized spacial score (nSPS) is 19.1. The van der Waals surface area contributed by atoms with Crippen molar-refractivity contribution in [1.82, 2.24) is 4.90 Å². The second kappa shape index (κ2) is 7.36. The molecule has 2 atom stereocenters. The van der Waals surface area contributed by atoms with E-state index in [1.54, 1.807) is 6.07 Å². The Balaban J connectivity index is 2.15. The van der Waals surface area contributed by atoms with Gasteiger partial charge in [-0.15, -0.1) is 0 Å². The number of aliphatic carboxylic acids is 1. The Labute approximate surface area is 158 Å². The van der Waals surface area contributed by atoms with Crippen LogP contribution in [0.25, 0.3) is 0 Å². The highest BCUT2D eigenvalue weighted by molar-refractivity contribution is 6.42. The van der Waals surface area contributed by atoms with Crippen LogP contribution in [0.5, 0.6) is 0 Å². The first kappa shape index (κ1) is 18.2. The molecular formula is C20H21Cl2NO2. The molecule has 1 heterocycles. The summed E-state index contributed by atoms with van der Waals surface area (Å²) in [6, 6.07) is 11.2. The van der Waals surface area contributed by atoms with E-state index in [0.717, 1.165) is 35.2 Å². The van der Waals surface area contributed by atoms with E-state index in [1.165, 1.54) is 0 Å². The molecule has 1 fully saturated rings. The largest absolute Gasteiger partial charge is 0.480 e. The van der Waals surface area contributed by atoms with Gasteiger partial charge < -0.3 is 5.11 Å². The first-order valence-corrected chi connectivity index (χ1v) is 9.14. The van der Waals surface area contributed by atoms with Crippen LogP contribution in [0.1, 0.15) is 41.1 Å². The van der Waals surface area contributed by atoms with Gasteiger partial charge >= 0.3 is 5.97 Å². The Hall–Kier alpha value is -1.55. The Morgan fingerprint density at radius 3 is 2.60 bits per heavy atom. The van der Waals surface area contributed by atoms with Crippen LogP contribution in [0, 0.1) is 13.8 Å². The van der Waals surface area contributed by atoms with Crippen molar-refractivity contribution in [2.75, 3.05) is 6.54 Å². The molecule has 1 N–H and O–H groups in total. The highest BCUT2D eigenvalue weighted by Crippen LogP contribution is 2.38. The van der Waals surface area contributed by atoms with Gasteiger partial charge in [0, 0.05) is 6.54 Å². The van der Waals surface area contributed by atoms with E-state index >= 15 is 0 Å². The van der Waals surface area contributed by atoms with Crippen molar-refractivity contribution in [3.8, 4) is 0 Å². The van der Waals surface area contributed by atoms with Gasteiger partial charge in [-0.2, -0.15) is 0 Å². The molecule has 3 nitrogen and oxygen atoms in total. The number of hydrogen-bond acceptors (Lipinski definition) is 2. The maximum atomic E-state index is 11.8. The molecule has 5 heteroatoms. The van der Waals surface area contributed by atoms with Crippen molar-refractivity contribution in [2.24, 2.45) is 0 Å². The molecule has 132 valence electrons. The number of aryl methyl sites for hydroxylation is 2. The standard InChI is InChI=1S/C20H21Cl2NO2/c1-12-5-6-13(2)15(10-12)19(14-7-8-16(21)17(22)11-14)23-9-3-4-18(23)20(24)25/h5-8,10-11,18-19H,3-4,9H2,1-2H3,(H,24,25). The summed E-state index contributed by atoms with van der Waals surface area (Å²) in [5.74, 6) is -0.770. The van der Waals surface area contributed by atoms with Gasteiger partial charge in [0.25, 0.3) is 0 Å². The maximum absolute atomic E-state index is 11.8. The van der Waals surface area contributed by atoms with Gasteiger partial charge in [0.1, 0.15) is 6.04 Å². The smallest absolute Gasteiger partial charge is 0.320 e. The second-order valence-electron chi connectivity index (χ2n) is 6.67. The minimum atomic E-state index is -0.770. The summed E-state index contributed by atoms with van der Waals surface area (Å²) < 4.78 is 0. The summed E-state index contributed by atoms with van der Waals surface area (Å²) in [4.78, 5) is 13.8. The molecule has 2 aromatic rings. The molecule has 1 aliphatic rings. The predicted molar refractivity (Wildman–Crippen MR) is 102 cm³/mol. The van der Waals surface area contributed by atoms with Crippen LogP contribution in [-0.2, 0) is 4.79 Å². The molecule has 2 aromatic carbocycles. The minimum absolute atomic E-state index is 0.154. The first-order chi connectivity index (χ1) is 11.9. The average Bonchev–Trinajstić information content (AvgIpc) is 3.04. The molecule has 1 saturated heterocycles. The van der Waals surface area contributed by atoms with Crippen molar-refractivity contribution in [1.29, 1.82) is 0 Å². The number of nitrogens with zero attached hydrogens (tertiary/aromatic N) is 1. The van der Waals surface area contributed by atoms with Gasteiger partial charge in [-0.05, 0) is 55.5 Å². The molecule has 0 spiro atoms. The number of likely N-dealkylation sites (tertiary alicyclic amines) is 1. The summed E-state index contributed by atoms with van der Waals surface area (Å²) >= 11 is 12.3. The van der Waals surface area contributed by atoms with Gasteiger partial charge in [-0.3, -0.25) is 9.69 Å². The van der Waals surface area contributed by atoms with Crippen molar-refractivity contribution in [2.45, 2.75) is 38.8 Å². The molecule has 25 heavy (non-hydrogen) atoms. The molecule has 1 aliphatic heterocycles. The second-order valence-corrected chi connectivity index (χ2v) is 7.48. The summed E-state index contributed by atoms with van der Waals surface area (Å²) in [7, 11) is 0. The number of carboxylic acids is 1. The van der Waals surface area contributed by atoms with E-state index in [9.17, 15) is 9.90 Å². The zero-order valence-electron chi connectivity index (χ0n) is 14.3. The lowest BCUT2D eigenvalue weighted by Gasteiger charge is -2.33. The molecular weight excluding hydrogens is 357 g/mol. The fourth-order valence-corrected chi connectivity index (χ4v) is 3.96. The lowest BCUT2D eigenvalue weighted by Crippen LogP contribution is -2.39. The molecule has 0 radical (unpaired) electrons. The maximum Gasteiger partial charge on any atom is 0.320 e. The molecule has 2 unspecified atom stereocenters. The van der Waals surface area contributed by atoms with Gasteiger partial charge in [0.2, 0.25) is 0 Å². The lowest BCUT2D eigenvalue weighted by molar-refractivity contribution is -0.142. The van der Waals surface area contributed by atoms with Crippen LogP contribution in [0.3, 0.4) is 0 Å². The molecule has 0 amide bonds. The van der Waals surface area contributed by atoms with E-state index in [0.29, 0.717) is 16.5 Å². The van der Waals surface area contributed by atoms with E-state index in [1.807, 2.05) is 19.1 Å². The van der Waals surface area contributed by atoms with Gasteiger partial charge in [0.15, 0.2) is 0 Å². The zero-order chi connectivity index (χ0) is 18.1. The third-order valence-corrected chi connectivity index (χ3v) is 5.64. The monoisotopic (exact) mass is 377 g/mol. The first-order valence-electron chi connectivity index (χ1n) is 8.39. The van der Waals surface area contributed by atoms with Crippen LogP contribution in [0.2, 0.25) is 10.0 Å². The highest BCUT2D eigenvalue weighted by atomic mass is 35.5. The fraction of sp³-hybridized carbons (Fsp3) is 0.350. The minimum Gasteiger partial charge on any atom is -0.480 e. The summed E-state index contributed by atoms with van der Waals surface area (Å²) in [6.07, 6.45) is 1.54. The fourth-order valence-electron chi connectivity index (χ4n) is 3.65. The summed E-state index contributed by atoms with van der Waals surface area (Å²) in [5, 5.41) is 10.6. The summed E-state index contributed by atoms with van der Waals surface area (Å²) in [6.45, 7) is 4.86. The molecule has 3 rings (SSSR count). The zero-order valence-corrected chi connectivity index (χ0v) is 15.8. The number of carbonyl (C=O) groups is 1. The van der Waals surface area contributed by atoms with Crippen LogP contribution < -0.4 is 0 Å². The lowest BCUT2D eigenvalue weighted by atomic mass is 9.91. The summed E-state index contributed by atoms with van der Waals surface area (Å²) in [5.41, 5.74) is 4.37. The molecule has 0 aromatic heterocycles. The molecule has 0 aliphatic carbocycles. The van der Waals surface area contributed by atoms with E-state index < -0.39 is 12.0 Å². The van der Waals surface area contributed by atoms with E-state index in [2.05, 4.69) is 30.0 Å². The average molecular weight is 378 g/mol. The number of carboxylic acid groups (broad SMARTS) is 1. The van der Waals surface area contributed by atoms with Crippen LogP contribution in [0.4, 0.5) is 0 Å². The molecule has 0 bridgehead atoms. The Morgan fingerprint density at radius 1 is 1.16 bits per heavy atom. The van der Waals surface area contributed by atoms with E-state index in [4.69, 9.17) is 23.2 Å². The van der Waals surface area contributed by atoms with Gasteiger partial charge in [-0.25, -0.2) is 0 Å². The highest BCUT2D eigenvalue weighted by Gasteiger charge is 2.37. The third kappa shape index (κ3) is 3.69. The topological polar surface area (TPSA) is 40.5 Å². The number of halogens is 2. The van der Waals surface area contributed by atoms with E-state index in [-0.39, 0.29) is 6.04 Å². The quantitative estimate of drug-likeness (QED) is 0.790. The van der Waals surface area contributed by atoms with Crippen LogP contribution in [-0.4, -0.2) is 28.6 Å². The Bertz CT molecular complexity index is 806. The van der Waals surface area contributed by atoms with Gasteiger partial charge in [0.05, 0.1) is 16.1 Å². The van der Waals surface area contributed by atoms with Crippen molar-refractivity contribution < 1.29 is 9.90 Å². The Kier molecular flexibility index (Phi) is 5.38. The number of hydrogen-bond donors (Lipinski definition) is 1. The predicted octanol–water partition coefficient (Wildman–Crippen LogP) is 5.25. The van der Waals surface area contributed by atoms with Crippen LogP contribution in [0.15, 0.2) is 36.4 Å². The van der Waals surface area contributed by atoms with Crippen molar-refractivity contribution >= 4 is 29.2 Å². The SMILES string of the molecule is Cc1ccc(C)c(C(c2ccc(Cl)c(Cl)c2)N2CCCC2C(=O)O)c1.